The minimum atomic E-state index is 0.0469. The number of carbonyl (C=O) groups is 1. The van der Waals surface area contributed by atoms with Crippen LogP contribution in [0.4, 0.5) is 0 Å². The minimum Gasteiger partial charge on any atom is -0.295 e. The lowest BCUT2D eigenvalue weighted by atomic mass is 10.1. The van der Waals surface area contributed by atoms with Crippen molar-refractivity contribution in [2.24, 2.45) is 9.98 Å². The number of hydrogen-bond acceptors (Lipinski definition) is 6. The van der Waals surface area contributed by atoms with Crippen LogP contribution in [0.25, 0.3) is 0 Å². The van der Waals surface area contributed by atoms with Gasteiger partial charge in [0.25, 0.3) is 0 Å². The quantitative estimate of drug-likeness (QED) is 0.853. The summed E-state index contributed by atoms with van der Waals surface area (Å²) in [5.41, 5.74) is 5.44. The maximum Gasteiger partial charge on any atom is 0.190 e. The van der Waals surface area contributed by atoms with Gasteiger partial charge in [-0.3, -0.25) is 10.2 Å². The van der Waals surface area contributed by atoms with E-state index < -0.39 is 0 Å². The van der Waals surface area contributed by atoms with Crippen molar-refractivity contribution in [3.63, 3.8) is 0 Å². The largest absolute Gasteiger partial charge is 0.295 e. The van der Waals surface area contributed by atoms with E-state index in [4.69, 9.17) is 0 Å². The van der Waals surface area contributed by atoms with Crippen molar-refractivity contribution in [1.29, 1.82) is 0 Å². The molecule has 0 aromatic heterocycles. The van der Waals surface area contributed by atoms with Gasteiger partial charge in [-0.1, -0.05) is 42.6 Å². The van der Waals surface area contributed by atoms with Crippen LogP contribution in [0, 0.1) is 0 Å². The van der Waals surface area contributed by atoms with E-state index in [-0.39, 0.29) is 5.78 Å². The Balaban J connectivity index is 1.99. The van der Waals surface area contributed by atoms with Crippen molar-refractivity contribution in [2.75, 3.05) is 6.26 Å². The highest BCUT2D eigenvalue weighted by Crippen LogP contribution is 2.25. The normalized spacial score (nSPS) is 16.8. The molecule has 3 rings (SSSR count). The molecule has 5 nitrogen and oxygen atoms in total. The standard InChI is InChI=1S/C15H14N4OS/c1-9-8-13-16-14(17-15(21-3)19(13)18-9)12-6-4-11(5-7-12)10(2)20/h4-8,18H,1H2,2-3H3. The Labute approximate surface area is 127 Å². The molecule has 1 N–H and O–H groups in total. The summed E-state index contributed by atoms with van der Waals surface area (Å²) in [4.78, 5) is 20.4. The van der Waals surface area contributed by atoms with Crippen LogP contribution < -0.4 is 5.43 Å². The molecule has 0 bridgehead atoms. The summed E-state index contributed by atoms with van der Waals surface area (Å²) < 4.78 is 0. The molecule has 1 aromatic carbocycles. The molecule has 106 valence electrons. The molecule has 21 heavy (non-hydrogen) atoms. The Morgan fingerprint density at radius 2 is 2.00 bits per heavy atom. The highest BCUT2D eigenvalue weighted by Gasteiger charge is 2.26. The van der Waals surface area contributed by atoms with E-state index in [0.717, 1.165) is 22.2 Å². The molecular weight excluding hydrogens is 284 g/mol. The zero-order chi connectivity index (χ0) is 15.0. The van der Waals surface area contributed by atoms with E-state index in [1.807, 2.05) is 24.5 Å². The second-order valence-corrected chi connectivity index (χ2v) is 5.42. The predicted molar refractivity (Wildman–Crippen MR) is 86.1 cm³/mol. The molecule has 6 heteroatoms. The third-order valence-electron chi connectivity index (χ3n) is 3.13. The number of carbonyl (C=O) groups excluding carboxylic acids is 1. The molecule has 0 unspecified atom stereocenters. The highest BCUT2D eigenvalue weighted by molar-refractivity contribution is 8.13. The van der Waals surface area contributed by atoms with E-state index in [1.54, 1.807) is 24.1 Å². The summed E-state index contributed by atoms with van der Waals surface area (Å²) >= 11 is 1.53. The van der Waals surface area contributed by atoms with E-state index in [2.05, 4.69) is 22.0 Å². The Bertz CT molecular complexity index is 716. The van der Waals surface area contributed by atoms with Crippen molar-refractivity contribution in [1.82, 2.24) is 10.4 Å². The van der Waals surface area contributed by atoms with Crippen molar-refractivity contribution in [2.45, 2.75) is 6.92 Å². The van der Waals surface area contributed by atoms with Gasteiger partial charge < -0.3 is 0 Å². The monoisotopic (exact) mass is 298 g/mol. The number of hydrazine groups is 1. The van der Waals surface area contributed by atoms with Gasteiger partial charge in [-0.15, -0.1) is 0 Å². The van der Waals surface area contributed by atoms with Crippen LogP contribution in [0.1, 0.15) is 22.8 Å². The number of fused-ring (bicyclic) bond motifs is 1. The van der Waals surface area contributed by atoms with E-state index >= 15 is 0 Å². The average molecular weight is 298 g/mol. The molecule has 0 saturated carbocycles. The number of amidine groups is 2. The van der Waals surface area contributed by atoms with Crippen LogP contribution >= 0.6 is 11.8 Å². The van der Waals surface area contributed by atoms with Crippen LogP contribution in [-0.4, -0.2) is 28.1 Å². The maximum absolute atomic E-state index is 11.3. The van der Waals surface area contributed by atoms with E-state index in [0.29, 0.717) is 11.4 Å². The van der Waals surface area contributed by atoms with Crippen LogP contribution in [0.3, 0.4) is 0 Å². The Kier molecular flexibility index (Phi) is 3.39. The molecule has 0 fully saturated rings. The number of ketones is 1. The molecule has 2 heterocycles. The van der Waals surface area contributed by atoms with Gasteiger partial charge >= 0.3 is 0 Å². The van der Waals surface area contributed by atoms with Gasteiger partial charge in [-0.25, -0.2) is 15.0 Å². The smallest absolute Gasteiger partial charge is 0.190 e. The summed E-state index contributed by atoms with van der Waals surface area (Å²) in [5, 5.41) is 2.61. The maximum atomic E-state index is 11.3. The molecule has 2 aliphatic rings. The summed E-state index contributed by atoms with van der Waals surface area (Å²) in [6, 6.07) is 7.32. The summed E-state index contributed by atoms with van der Waals surface area (Å²) in [6.07, 6.45) is 3.83. The number of hydrogen-bond donors (Lipinski definition) is 1. The zero-order valence-electron chi connectivity index (χ0n) is 11.8. The summed E-state index contributed by atoms with van der Waals surface area (Å²) in [5.74, 6) is 1.45. The first-order chi connectivity index (χ1) is 10.1. The average Bonchev–Trinajstić information content (AvgIpc) is 2.86. The summed E-state index contributed by atoms with van der Waals surface area (Å²) in [7, 11) is 0. The Morgan fingerprint density at radius 1 is 1.29 bits per heavy atom. The molecule has 0 aliphatic carbocycles. The van der Waals surface area contributed by atoms with E-state index in [1.165, 1.54) is 11.8 Å². The molecule has 2 aliphatic heterocycles. The number of nitrogens with zero attached hydrogens (tertiary/aromatic N) is 3. The zero-order valence-corrected chi connectivity index (χ0v) is 12.6. The molecule has 0 saturated heterocycles. The number of nitrogens with one attached hydrogen (secondary N) is 1. The number of thioether (sulfide) groups is 1. The van der Waals surface area contributed by atoms with Gasteiger partial charge in [0.1, 0.15) is 0 Å². The van der Waals surface area contributed by atoms with Gasteiger partial charge in [0.2, 0.25) is 0 Å². The second-order valence-electron chi connectivity index (χ2n) is 4.64. The van der Waals surface area contributed by atoms with Crippen LogP contribution in [-0.2, 0) is 0 Å². The molecule has 0 atom stereocenters. The summed E-state index contributed by atoms with van der Waals surface area (Å²) in [6.45, 7) is 5.43. The molecular formula is C15H14N4OS. The number of allylic oxidation sites excluding steroid dienone is 1. The molecule has 1 aromatic rings. The predicted octanol–water partition coefficient (Wildman–Crippen LogP) is 2.54. The number of Topliss-reactive ketones (excluding diaryl/α,β-unsaturated/α-hetero) is 1. The van der Waals surface area contributed by atoms with Gasteiger partial charge in [0, 0.05) is 17.2 Å². The van der Waals surface area contributed by atoms with Gasteiger partial charge in [0.15, 0.2) is 22.6 Å². The third-order valence-corrected chi connectivity index (χ3v) is 3.77. The van der Waals surface area contributed by atoms with Crippen LogP contribution in [0.5, 0.6) is 0 Å². The SMILES string of the molecule is C=C1C=C2N=C(c3ccc(C(C)=O)cc3)N=C(SC)N2N1. The van der Waals surface area contributed by atoms with E-state index in [9.17, 15) is 4.79 Å². The third kappa shape index (κ3) is 2.50. The fraction of sp³-hybridized carbons (Fsp3) is 0.133. The van der Waals surface area contributed by atoms with Crippen molar-refractivity contribution < 1.29 is 4.79 Å². The topological polar surface area (TPSA) is 57.1 Å². The van der Waals surface area contributed by atoms with Crippen molar-refractivity contribution >= 4 is 28.5 Å². The number of rotatable bonds is 2. The Morgan fingerprint density at radius 3 is 2.62 bits per heavy atom. The first-order valence-electron chi connectivity index (χ1n) is 6.38. The van der Waals surface area contributed by atoms with Crippen molar-refractivity contribution in [3.8, 4) is 0 Å². The lowest BCUT2D eigenvalue weighted by Gasteiger charge is -2.24. The number of aliphatic imine (C=N–C) groups is 2. The minimum absolute atomic E-state index is 0.0469. The number of benzene rings is 1. The lowest BCUT2D eigenvalue weighted by Crippen LogP contribution is -2.37. The highest BCUT2D eigenvalue weighted by atomic mass is 32.2. The fourth-order valence-electron chi connectivity index (χ4n) is 2.08. The van der Waals surface area contributed by atoms with Crippen LogP contribution in [0.15, 0.2) is 58.4 Å². The molecule has 0 radical (unpaired) electrons. The molecule has 0 amide bonds. The van der Waals surface area contributed by atoms with Gasteiger partial charge in [-0.2, -0.15) is 0 Å². The Hall–Kier alpha value is -2.34. The van der Waals surface area contributed by atoms with Gasteiger partial charge in [-0.05, 0) is 13.2 Å². The van der Waals surface area contributed by atoms with Crippen LogP contribution in [0.2, 0.25) is 0 Å². The molecule has 0 spiro atoms. The fourth-order valence-corrected chi connectivity index (χ4v) is 2.58. The van der Waals surface area contributed by atoms with Crippen molar-refractivity contribution in [3.05, 3.63) is 59.6 Å². The first-order valence-corrected chi connectivity index (χ1v) is 7.61. The lowest BCUT2D eigenvalue weighted by molar-refractivity contribution is 0.101. The first kappa shape index (κ1) is 13.6. The van der Waals surface area contributed by atoms with Gasteiger partial charge in [0.05, 0.1) is 5.70 Å². The second kappa shape index (κ2) is 5.21.